The van der Waals surface area contributed by atoms with Gasteiger partial charge in [-0.15, -0.1) is 11.3 Å². The van der Waals surface area contributed by atoms with Crippen molar-refractivity contribution in [2.45, 2.75) is 13.0 Å². The lowest BCUT2D eigenvalue weighted by atomic mass is 10.00. The fourth-order valence-corrected chi connectivity index (χ4v) is 4.01. The van der Waals surface area contributed by atoms with Crippen molar-refractivity contribution in [3.8, 4) is 0 Å². The number of hydrogen-bond donors (Lipinski definition) is 0. The van der Waals surface area contributed by atoms with E-state index in [-0.39, 0.29) is 12.5 Å². The van der Waals surface area contributed by atoms with Crippen molar-refractivity contribution in [2.24, 2.45) is 0 Å². The number of carbonyl (C=O) groups is 1. The van der Waals surface area contributed by atoms with Crippen LogP contribution in [0.2, 0.25) is 0 Å². The minimum atomic E-state index is 0.0365. The number of nitrogens with zero attached hydrogens (tertiary/aromatic N) is 2. The van der Waals surface area contributed by atoms with Gasteiger partial charge >= 0.3 is 0 Å². The molecule has 2 heterocycles. The first kappa shape index (κ1) is 16.9. The summed E-state index contributed by atoms with van der Waals surface area (Å²) in [6.07, 6.45) is 3.03. The third-order valence-corrected chi connectivity index (χ3v) is 5.51. The van der Waals surface area contributed by atoms with Crippen LogP contribution >= 0.6 is 11.3 Å². The van der Waals surface area contributed by atoms with Crippen LogP contribution in [0, 0.1) is 0 Å². The molecule has 0 atom stereocenters. The molecule has 0 saturated carbocycles. The highest BCUT2D eigenvalue weighted by atomic mass is 32.1. The molecular formula is C21H20N2O2S. The summed E-state index contributed by atoms with van der Waals surface area (Å²) in [4.78, 5) is 18.7. The molecule has 3 aromatic rings. The number of carbonyl (C=O) groups excluding carboxylic acids is 1. The summed E-state index contributed by atoms with van der Waals surface area (Å²) in [7, 11) is 0. The van der Waals surface area contributed by atoms with Gasteiger partial charge in [0.05, 0.1) is 16.8 Å². The number of ether oxygens (including phenoxy) is 1. The van der Waals surface area contributed by atoms with Gasteiger partial charge in [0.15, 0.2) is 0 Å². The minimum Gasteiger partial charge on any atom is -0.364 e. The lowest BCUT2D eigenvalue weighted by molar-refractivity contribution is -0.136. The summed E-state index contributed by atoms with van der Waals surface area (Å²) < 4.78 is 6.76. The highest BCUT2D eigenvalue weighted by molar-refractivity contribution is 7.18. The maximum atomic E-state index is 12.4. The van der Waals surface area contributed by atoms with Crippen molar-refractivity contribution in [1.82, 2.24) is 9.88 Å². The first-order chi connectivity index (χ1) is 12.8. The maximum absolute atomic E-state index is 12.4. The van der Waals surface area contributed by atoms with Gasteiger partial charge in [0.25, 0.3) is 0 Å². The number of hydrogen-bond acceptors (Lipinski definition) is 4. The Balaban J connectivity index is 1.28. The Kier molecular flexibility index (Phi) is 5.09. The molecule has 0 bridgehead atoms. The molecule has 0 aliphatic carbocycles. The van der Waals surface area contributed by atoms with Crippen LogP contribution in [0.4, 0.5) is 0 Å². The Bertz CT molecular complexity index is 900. The Labute approximate surface area is 156 Å². The zero-order valence-corrected chi connectivity index (χ0v) is 15.2. The average molecular weight is 364 g/mol. The number of para-hydroxylation sites is 1. The van der Waals surface area contributed by atoms with Crippen LogP contribution in [0.1, 0.15) is 17.0 Å². The molecule has 1 aliphatic rings. The Morgan fingerprint density at radius 1 is 1.12 bits per heavy atom. The Morgan fingerprint density at radius 3 is 2.69 bits per heavy atom. The van der Waals surface area contributed by atoms with E-state index >= 15 is 0 Å². The van der Waals surface area contributed by atoms with Crippen LogP contribution in [0.25, 0.3) is 15.8 Å². The van der Waals surface area contributed by atoms with Gasteiger partial charge in [-0.2, -0.15) is 0 Å². The van der Waals surface area contributed by atoms with Crippen molar-refractivity contribution in [1.29, 1.82) is 0 Å². The molecule has 0 N–H and O–H groups in total. The Hall–Kier alpha value is -2.50. The molecule has 0 spiro atoms. The van der Waals surface area contributed by atoms with E-state index in [0.29, 0.717) is 13.2 Å². The van der Waals surface area contributed by atoms with E-state index in [0.717, 1.165) is 28.2 Å². The van der Waals surface area contributed by atoms with E-state index in [9.17, 15) is 4.79 Å². The van der Waals surface area contributed by atoms with Gasteiger partial charge in [0.2, 0.25) is 5.91 Å². The fourth-order valence-electron chi connectivity index (χ4n) is 3.11. The molecule has 0 saturated heterocycles. The fraction of sp³-hybridized carbons (Fsp3) is 0.238. The number of thiazole rings is 1. The van der Waals surface area contributed by atoms with Crippen molar-refractivity contribution < 1.29 is 9.53 Å². The van der Waals surface area contributed by atoms with Crippen molar-refractivity contribution in [2.75, 3.05) is 19.7 Å². The molecule has 1 aromatic heterocycles. The minimum absolute atomic E-state index is 0.0365. The second-order valence-corrected chi connectivity index (χ2v) is 7.37. The monoisotopic (exact) mass is 364 g/mol. The first-order valence-electron chi connectivity index (χ1n) is 8.74. The zero-order chi connectivity index (χ0) is 17.8. The molecule has 0 unspecified atom stereocenters. The SMILES string of the molecule is O=C(COCc1nc2ccccc2s1)N1CC=C(c2ccccc2)CC1. The van der Waals surface area contributed by atoms with E-state index < -0.39 is 0 Å². The second-order valence-electron chi connectivity index (χ2n) is 6.25. The van der Waals surface area contributed by atoms with Gasteiger partial charge in [0, 0.05) is 13.1 Å². The lowest BCUT2D eigenvalue weighted by Gasteiger charge is -2.26. The summed E-state index contributed by atoms with van der Waals surface area (Å²) in [6, 6.07) is 18.4. The van der Waals surface area contributed by atoms with Crippen LogP contribution in [0.15, 0.2) is 60.7 Å². The summed E-state index contributed by atoms with van der Waals surface area (Å²) in [5.74, 6) is 0.0365. The molecule has 2 aromatic carbocycles. The summed E-state index contributed by atoms with van der Waals surface area (Å²) in [5.41, 5.74) is 3.54. The largest absolute Gasteiger partial charge is 0.364 e. The quantitative estimate of drug-likeness (QED) is 0.684. The number of fused-ring (bicyclic) bond motifs is 1. The summed E-state index contributed by atoms with van der Waals surface area (Å²) in [5, 5.41) is 0.906. The van der Waals surface area contributed by atoms with Crippen LogP contribution < -0.4 is 0 Å². The van der Waals surface area contributed by atoms with Crippen molar-refractivity contribution in [3.05, 3.63) is 71.2 Å². The number of amides is 1. The molecule has 1 amide bonds. The molecular weight excluding hydrogens is 344 g/mol. The third-order valence-electron chi connectivity index (χ3n) is 4.50. The number of rotatable bonds is 5. The van der Waals surface area contributed by atoms with E-state index in [2.05, 4.69) is 23.2 Å². The van der Waals surface area contributed by atoms with Crippen LogP contribution in [-0.2, 0) is 16.1 Å². The lowest BCUT2D eigenvalue weighted by Crippen LogP contribution is -2.37. The van der Waals surface area contributed by atoms with Crippen LogP contribution in [0.5, 0.6) is 0 Å². The molecule has 4 rings (SSSR count). The van der Waals surface area contributed by atoms with Gasteiger partial charge in [-0.1, -0.05) is 48.5 Å². The van der Waals surface area contributed by atoms with Crippen molar-refractivity contribution >= 4 is 33.0 Å². The molecule has 4 nitrogen and oxygen atoms in total. The molecule has 132 valence electrons. The average Bonchev–Trinajstić information content (AvgIpc) is 3.11. The number of benzene rings is 2. The van der Waals surface area contributed by atoms with E-state index in [1.165, 1.54) is 11.1 Å². The topological polar surface area (TPSA) is 42.4 Å². The van der Waals surface area contributed by atoms with Gasteiger partial charge in [0.1, 0.15) is 11.6 Å². The van der Waals surface area contributed by atoms with Crippen molar-refractivity contribution in [3.63, 3.8) is 0 Å². The van der Waals surface area contributed by atoms with E-state index in [1.807, 2.05) is 47.4 Å². The highest BCUT2D eigenvalue weighted by Gasteiger charge is 2.18. The van der Waals surface area contributed by atoms with Gasteiger partial charge < -0.3 is 9.64 Å². The van der Waals surface area contributed by atoms with Gasteiger partial charge in [-0.25, -0.2) is 4.98 Å². The van der Waals surface area contributed by atoms with Crippen LogP contribution in [0.3, 0.4) is 0 Å². The first-order valence-corrected chi connectivity index (χ1v) is 9.56. The molecule has 26 heavy (non-hydrogen) atoms. The van der Waals surface area contributed by atoms with Crippen LogP contribution in [-0.4, -0.2) is 35.5 Å². The summed E-state index contributed by atoms with van der Waals surface area (Å²) in [6.45, 7) is 1.87. The molecule has 1 aliphatic heterocycles. The second kappa shape index (κ2) is 7.81. The highest BCUT2D eigenvalue weighted by Crippen LogP contribution is 2.23. The molecule has 5 heteroatoms. The van der Waals surface area contributed by atoms with Gasteiger partial charge in [-0.3, -0.25) is 4.79 Å². The predicted octanol–water partition coefficient (Wildman–Crippen LogP) is 4.13. The van der Waals surface area contributed by atoms with E-state index in [1.54, 1.807) is 11.3 Å². The maximum Gasteiger partial charge on any atom is 0.248 e. The third kappa shape index (κ3) is 3.84. The number of aromatic nitrogens is 1. The normalized spacial score (nSPS) is 14.5. The zero-order valence-electron chi connectivity index (χ0n) is 14.4. The van der Waals surface area contributed by atoms with Gasteiger partial charge in [-0.05, 0) is 29.7 Å². The predicted molar refractivity (Wildman–Crippen MR) is 105 cm³/mol. The Morgan fingerprint density at radius 2 is 1.92 bits per heavy atom. The molecule has 0 fully saturated rings. The standard InChI is InChI=1S/C21H20N2O2S/c24-21(15-25-14-20-22-18-8-4-5-9-19(18)26-20)23-12-10-17(11-13-23)16-6-2-1-3-7-16/h1-10H,11-15H2. The van der Waals surface area contributed by atoms with E-state index in [4.69, 9.17) is 4.74 Å². The molecule has 0 radical (unpaired) electrons. The smallest absolute Gasteiger partial charge is 0.248 e. The summed E-state index contributed by atoms with van der Waals surface area (Å²) >= 11 is 1.61.